The average Bonchev–Trinajstić information content (AvgIpc) is 2.52. The highest BCUT2D eigenvalue weighted by Gasteiger charge is 2.35. The molecular weight excluding hydrogens is 215 g/mol. The summed E-state index contributed by atoms with van der Waals surface area (Å²) < 4.78 is 40.7. The summed E-state index contributed by atoms with van der Waals surface area (Å²) >= 11 is 0.0232. The number of thioether (sulfide) groups is 1. The van der Waals surface area contributed by atoms with Gasteiger partial charge in [-0.25, -0.2) is 0 Å². The van der Waals surface area contributed by atoms with Gasteiger partial charge in [0.15, 0.2) is 0 Å². The molecule has 2 N–H and O–H groups in total. The summed E-state index contributed by atoms with van der Waals surface area (Å²) in [5, 5.41) is 0. The van der Waals surface area contributed by atoms with Gasteiger partial charge in [-0.2, -0.15) is 13.2 Å². The Morgan fingerprint density at radius 3 is 2.57 bits per heavy atom. The van der Waals surface area contributed by atoms with Crippen molar-refractivity contribution in [3.8, 4) is 0 Å². The predicted octanol–water partition coefficient (Wildman–Crippen LogP) is 1.99. The van der Waals surface area contributed by atoms with E-state index in [1.54, 1.807) is 0 Å². The molecule has 14 heavy (non-hydrogen) atoms. The van der Waals surface area contributed by atoms with Crippen LogP contribution in [0.5, 0.6) is 0 Å². The third kappa shape index (κ3) is 3.67. The maximum Gasteiger partial charge on any atom is 0.441 e. The third-order valence-corrected chi connectivity index (χ3v) is 3.25. The molecule has 1 aliphatic heterocycles. The first-order valence-corrected chi connectivity index (χ1v) is 5.45. The lowest BCUT2D eigenvalue weighted by molar-refractivity contribution is -0.0329. The van der Waals surface area contributed by atoms with E-state index < -0.39 is 5.51 Å². The van der Waals surface area contributed by atoms with Gasteiger partial charge >= 0.3 is 5.51 Å². The van der Waals surface area contributed by atoms with E-state index in [0.29, 0.717) is 26.2 Å². The number of halogens is 3. The summed E-state index contributed by atoms with van der Waals surface area (Å²) in [6, 6.07) is 0. The molecule has 2 nitrogen and oxygen atoms in total. The van der Waals surface area contributed by atoms with E-state index in [-0.39, 0.29) is 22.9 Å². The van der Waals surface area contributed by atoms with Gasteiger partial charge in [-0.1, -0.05) is 11.8 Å². The molecular formula is C8H14F3NOS. The Hall–Kier alpha value is 0.0600. The SMILES string of the molecule is NCC1(CCSC(F)(F)F)CCOC1. The topological polar surface area (TPSA) is 35.2 Å². The quantitative estimate of drug-likeness (QED) is 0.800. The fourth-order valence-corrected chi connectivity index (χ4v) is 2.26. The molecule has 1 fully saturated rings. The van der Waals surface area contributed by atoms with E-state index in [1.165, 1.54) is 0 Å². The molecule has 6 heteroatoms. The zero-order chi connectivity index (χ0) is 10.7. The summed E-state index contributed by atoms with van der Waals surface area (Å²) in [4.78, 5) is 0. The van der Waals surface area contributed by atoms with Crippen LogP contribution in [0.4, 0.5) is 13.2 Å². The van der Waals surface area contributed by atoms with Crippen LogP contribution in [0.1, 0.15) is 12.8 Å². The lowest BCUT2D eigenvalue weighted by Crippen LogP contribution is -2.31. The maximum absolute atomic E-state index is 11.9. The van der Waals surface area contributed by atoms with Crippen LogP contribution >= 0.6 is 11.8 Å². The molecule has 0 spiro atoms. The highest BCUT2D eigenvalue weighted by atomic mass is 32.2. The first-order chi connectivity index (χ1) is 6.47. The van der Waals surface area contributed by atoms with Gasteiger partial charge < -0.3 is 10.5 Å². The van der Waals surface area contributed by atoms with Gasteiger partial charge in [0, 0.05) is 24.3 Å². The first-order valence-electron chi connectivity index (χ1n) is 4.46. The van der Waals surface area contributed by atoms with Crippen molar-refractivity contribution in [1.29, 1.82) is 0 Å². The molecule has 1 aliphatic rings. The van der Waals surface area contributed by atoms with Crippen molar-refractivity contribution in [2.75, 3.05) is 25.5 Å². The summed E-state index contributed by atoms with van der Waals surface area (Å²) in [7, 11) is 0. The molecule has 0 aromatic rings. The minimum absolute atomic E-state index is 0.0232. The van der Waals surface area contributed by atoms with Crippen LogP contribution in [0, 0.1) is 5.41 Å². The van der Waals surface area contributed by atoms with Crippen molar-refractivity contribution >= 4 is 11.8 Å². The van der Waals surface area contributed by atoms with E-state index in [2.05, 4.69) is 0 Å². The van der Waals surface area contributed by atoms with Crippen molar-refractivity contribution in [2.24, 2.45) is 11.1 Å². The van der Waals surface area contributed by atoms with Crippen LogP contribution in [0.15, 0.2) is 0 Å². The third-order valence-electron chi connectivity index (χ3n) is 2.52. The van der Waals surface area contributed by atoms with Crippen LogP contribution in [-0.4, -0.2) is 31.0 Å². The monoisotopic (exact) mass is 229 g/mol. The second-order valence-corrected chi connectivity index (χ2v) is 4.71. The molecule has 0 radical (unpaired) electrons. The number of hydrogen-bond donors (Lipinski definition) is 1. The van der Waals surface area contributed by atoms with Gasteiger partial charge in [0.05, 0.1) is 6.61 Å². The Kier molecular flexibility index (Phi) is 4.09. The minimum Gasteiger partial charge on any atom is -0.381 e. The number of nitrogens with two attached hydrogens (primary N) is 1. The second-order valence-electron chi connectivity index (χ2n) is 3.55. The summed E-state index contributed by atoms with van der Waals surface area (Å²) in [5.41, 5.74) is 1.21. The van der Waals surface area contributed by atoms with Gasteiger partial charge in [0.25, 0.3) is 0 Å². The maximum atomic E-state index is 11.9. The van der Waals surface area contributed by atoms with Gasteiger partial charge in [-0.3, -0.25) is 0 Å². The molecule has 0 saturated carbocycles. The predicted molar refractivity (Wildman–Crippen MR) is 50.1 cm³/mol. The van der Waals surface area contributed by atoms with Gasteiger partial charge in [-0.05, 0) is 12.8 Å². The van der Waals surface area contributed by atoms with Crippen molar-refractivity contribution in [2.45, 2.75) is 18.3 Å². The van der Waals surface area contributed by atoms with Crippen LogP contribution in [0.2, 0.25) is 0 Å². The van der Waals surface area contributed by atoms with Crippen LogP contribution in [-0.2, 0) is 4.74 Å². The van der Waals surface area contributed by atoms with E-state index >= 15 is 0 Å². The molecule has 0 aliphatic carbocycles. The molecule has 0 aromatic heterocycles. The van der Waals surface area contributed by atoms with Crippen molar-refractivity contribution in [1.82, 2.24) is 0 Å². The van der Waals surface area contributed by atoms with E-state index in [1.807, 2.05) is 0 Å². The van der Waals surface area contributed by atoms with Crippen LogP contribution < -0.4 is 5.73 Å². The van der Waals surface area contributed by atoms with Crippen molar-refractivity contribution in [3.05, 3.63) is 0 Å². The Morgan fingerprint density at radius 2 is 2.14 bits per heavy atom. The number of ether oxygens (including phenoxy) is 1. The van der Waals surface area contributed by atoms with Gasteiger partial charge in [0.2, 0.25) is 0 Å². The lowest BCUT2D eigenvalue weighted by Gasteiger charge is -2.25. The Bertz CT molecular complexity index is 180. The van der Waals surface area contributed by atoms with Crippen molar-refractivity contribution in [3.63, 3.8) is 0 Å². The average molecular weight is 229 g/mol. The normalized spacial score (nSPS) is 28.3. The second kappa shape index (κ2) is 4.72. The zero-order valence-corrected chi connectivity index (χ0v) is 8.59. The summed E-state index contributed by atoms with van der Waals surface area (Å²) in [6.45, 7) is 1.53. The zero-order valence-electron chi connectivity index (χ0n) is 7.77. The molecule has 0 aromatic carbocycles. The summed E-state index contributed by atoms with van der Waals surface area (Å²) in [6.07, 6.45) is 1.26. The highest BCUT2D eigenvalue weighted by Crippen LogP contribution is 2.36. The molecule has 1 unspecified atom stereocenters. The largest absolute Gasteiger partial charge is 0.441 e. The smallest absolute Gasteiger partial charge is 0.381 e. The molecule has 0 bridgehead atoms. The number of hydrogen-bond acceptors (Lipinski definition) is 3. The molecule has 84 valence electrons. The molecule has 1 rings (SSSR count). The Morgan fingerprint density at radius 1 is 1.43 bits per heavy atom. The Balaban J connectivity index is 2.28. The highest BCUT2D eigenvalue weighted by molar-refractivity contribution is 8.00. The minimum atomic E-state index is -4.13. The van der Waals surface area contributed by atoms with Crippen LogP contribution in [0.25, 0.3) is 0 Å². The van der Waals surface area contributed by atoms with Gasteiger partial charge in [-0.15, -0.1) is 0 Å². The fraction of sp³-hybridized carbons (Fsp3) is 1.00. The van der Waals surface area contributed by atoms with E-state index in [9.17, 15) is 13.2 Å². The van der Waals surface area contributed by atoms with E-state index in [4.69, 9.17) is 10.5 Å². The number of alkyl halides is 3. The molecule has 1 saturated heterocycles. The van der Waals surface area contributed by atoms with E-state index in [0.717, 1.165) is 6.42 Å². The number of rotatable bonds is 4. The molecule has 1 heterocycles. The van der Waals surface area contributed by atoms with Crippen molar-refractivity contribution < 1.29 is 17.9 Å². The first kappa shape index (κ1) is 12.1. The lowest BCUT2D eigenvalue weighted by atomic mass is 9.85. The molecule has 1 atom stereocenters. The fourth-order valence-electron chi connectivity index (χ4n) is 1.49. The Labute approximate surface area is 85.4 Å². The molecule has 0 amide bonds. The van der Waals surface area contributed by atoms with Crippen LogP contribution in [0.3, 0.4) is 0 Å². The van der Waals surface area contributed by atoms with Gasteiger partial charge in [0.1, 0.15) is 0 Å². The summed E-state index contributed by atoms with van der Waals surface area (Å²) in [5.74, 6) is 0.0735. The standard InChI is InChI=1S/C8H14F3NOS/c9-8(10,11)14-4-2-7(5-12)1-3-13-6-7/h1-6,12H2.